The van der Waals surface area contributed by atoms with Crippen LogP contribution in [0, 0.1) is 0 Å². The molecule has 6 heteroatoms. The Kier molecular flexibility index (Phi) is 2.86. The SMILES string of the molecule is NN1CC(c2ccccn2)CC1C(F)(F)F. The fraction of sp³-hybridized carbons (Fsp3) is 0.500. The third-order valence-electron chi connectivity index (χ3n) is 2.82. The van der Waals surface area contributed by atoms with Crippen molar-refractivity contribution in [1.82, 2.24) is 9.99 Å². The normalized spacial score (nSPS) is 27.2. The molecule has 1 fully saturated rings. The maximum Gasteiger partial charge on any atom is 0.405 e. The lowest BCUT2D eigenvalue weighted by atomic mass is 10.0. The largest absolute Gasteiger partial charge is 0.405 e. The summed E-state index contributed by atoms with van der Waals surface area (Å²) in [5.41, 5.74) is 0.671. The molecule has 1 saturated heterocycles. The van der Waals surface area contributed by atoms with Crippen molar-refractivity contribution in [3.63, 3.8) is 0 Å². The minimum atomic E-state index is -4.27. The van der Waals surface area contributed by atoms with E-state index < -0.39 is 12.2 Å². The molecule has 1 aromatic rings. The number of nitrogens with zero attached hydrogens (tertiary/aromatic N) is 2. The van der Waals surface area contributed by atoms with Gasteiger partial charge in [-0.3, -0.25) is 10.8 Å². The minimum Gasteiger partial charge on any atom is -0.268 e. The molecular formula is C10H12F3N3. The lowest BCUT2D eigenvalue weighted by molar-refractivity contribution is -0.176. The van der Waals surface area contributed by atoms with Crippen LogP contribution in [-0.2, 0) is 0 Å². The van der Waals surface area contributed by atoms with E-state index in [0.717, 1.165) is 5.01 Å². The zero-order valence-corrected chi connectivity index (χ0v) is 8.48. The summed E-state index contributed by atoms with van der Waals surface area (Å²) in [5, 5.41) is 0.860. The summed E-state index contributed by atoms with van der Waals surface area (Å²) < 4.78 is 37.7. The van der Waals surface area contributed by atoms with Gasteiger partial charge in [0.1, 0.15) is 6.04 Å². The van der Waals surface area contributed by atoms with Crippen LogP contribution in [0.15, 0.2) is 24.4 Å². The molecule has 0 bridgehead atoms. The first kappa shape index (κ1) is 11.3. The Morgan fingerprint density at radius 3 is 2.62 bits per heavy atom. The number of aromatic nitrogens is 1. The number of hydrogen-bond donors (Lipinski definition) is 1. The van der Waals surface area contributed by atoms with E-state index in [1.165, 1.54) is 0 Å². The van der Waals surface area contributed by atoms with Crippen molar-refractivity contribution in [2.45, 2.75) is 24.6 Å². The topological polar surface area (TPSA) is 42.1 Å². The molecule has 0 amide bonds. The molecule has 2 N–H and O–H groups in total. The molecule has 0 spiro atoms. The molecule has 2 rings (SSSR count). The maximum absolute atomic E-state index is 12.6. The molecule has 3 nitrogen and oxygen atoms in total. The number of pyridine rings is 1. The number of hydrogen-bond acceptors (Lipinski definition) is 3. The van der Waals surface area contributed by atoms with E-state index in [-0.39, 0.29) is 18.9 Å². The highest BCUT2D eigenvalue weighted by Crippen LogP contribution is 2.37. The standard InChI is InChI=1S/C10H12F3N3/c11-10(12,13)9-5-7(6-16(9)14)8-3-1-2-4-15-8/h1-4,7,9H,5-6,14H2. The van der Waals surface area contributed by atoms with Gasteiger partial charge in [-0.2, -0.15) is 13.2 Å². The van der Waals surface area contributed by atoms with Crippen molar-refractivity contribution < 1.29 is 13.2 Å². The molecule has 2 unspecified atom stereocenters. The van der Waals surface area contributed by atoms with Gasteiger partial charge in [0.25, 0.3) is 0 Å². The number of halogens is 3. The molecule has 2 heterocycles. The maximum atomic E-state index is 12.6. The highest BCUT2D eigenvalue weighted by Gasteiger charge is 2.48. The molecule has 0 aliphatic carbocycles. The summed E-state index contributed by atoms with van der Waals surface area (Å²) in [6.07, 6.45) is -2.70. The Labute approximate surface area is 91.0 Å². The van der Waals surface area contributed by atoms with E-state index in [1.807, 2.05) is 0 Å². The quantitative estimate of drug-likeness (QED) is 0.748. The average Bonchev–Trinajstić information content (AvgIpc) is 2.61. The van der Waals surface area contributed by atoms with Gasteiger partial charge in [-0.1, -0.05) is 6.07 Å². The van der Waals surface area contributed by atoms with Crippen LogP contribution in [0.25, 0.3) is 0 Å². The summed E-state index contributed by atoms with van der Waals surface area (Å²) in [6.45, 7) is 0.196. The summed E-state index contributed by atoms with van der Waals surface area (Å²) in [7, 11) is 0. The van der Waals surface area contributed by atoms with E-state index >= 15 is 0 Å². The van der Waals surface area contributed by atoms with Gasteiger partial charge in [-0.25, -0.2) is 5.01 Å². The summed E-state index contributed by atoms with van der Waals surface area (Å²) in [4.78, 5) is 4.06. The highest BCUT2D eigenvalue weighted by molar-refractivity contribution is 5.13. The second kappa shape index (κ2) is 4.03. The number of rotatable bonds is 1. The molecular weight excluding hydrogens is 219 g/mol. The van der Waals surface area contributed by atoms with Gasteiger partial charge in [0.15, 0.2) is 0 Å². The predicted octanol–water partition coefficient (Wildman–Crippen LogP) is 1.68. The minimum absolute atomic E-state index is 0.0169. The Bertz CT molecular complexity index is 352. The number of hydrazine groups is 1. The van der Waals surface area contributed by atoms with E-state index in [0.29, 0.717) is 5.69 Å². The van der Waals surface area contributed by atoms with E-state index in [4.69, 9.17) is 5.84 Å². The van der Waals surface area contributed by atoms with Crippen LogP contribution < -0.4 is 5.84 Å². The van der Waals surface area contributed by atoms with Gasteiger partial charge >= 0.3 is 6.18 Å². The van der Waals surface area contributed by atoms with E-state index in [2.05, 4.69) is 4.98 Å². The van der Waals surface area contributed by atoms with Crippen LogP contribution in [0.2, 0.25) is 0 Å². The second-order valence-electron chi connectivity index (χ2n) is 3.94. The molecule has 1 aliphatic heterocycles. The third-order valence-corrected chi connectivity index (χ3v) is 2.82. The van der Waals surface area contributed by atoms with Crippen molar-refractivity contribution in [2.75, 3.05) is 6.54 Å². The molecule has 16 heavy (non-hydrogen) atoms. The predicted molar refractivity (Wildman–Crippen MR) is 52.3 cm³/mol. The van der Waals surface area contributed by atoms with Crippen LogP contribution in [0.5, 0.6) is 0 Å². The van der Waals surface area contributed by atoms with Gasteiger partial charge in [-0.05, 0) is 18.6 Å². The smallest absolute Gasteiger partial charge is 0.268 e. The molecule has 1 aliphatic rings. The van der Waals surface area contributed by atoms with Crippen LogP contribution >= 0.6 is 0 Å². The molecule has 0 aromatic carbocycles. The third kappa shape index (κ3) is 2.17. The Balaban J connectivity index is 2.13. The zero-order chi connectivity index (χ0) is 11.8. The van der Waals surface area contributed by atoms with Gasteiger partial charge in [0.2, 0.25) is 0 Å². The number of alkyl halides is 3. The first-order chi connectivity index (χ1) is 7.48. The monoisotopic (exact) mass is 231 g/mol. The van der Waals surface area contributed by atoms with E-state index in [9.17, 15) is 13.2 Å². The number of nitrogens with two attached hydrogens (primary N) is 1. The van der Waals surface area contributed by atoms with Crippen LogP contribution in [-0.4, -0.2) is 28.8 Å². The summed E-state index contributed by atoms with van der Waals surface area (Å²) >= 11 is 0. The van der Waals surface area contributed by atoms with Gasteiger partial charge in [0.05, 0.1) is 0 Å². The van der Waals surface area contributed by atoms with Crippen LogP contribution in [0.4, 0.5) is 13.2 Å². The Morgan fingerprint density at radius 2 is 2.12 bits per heavy atom. The summed E-state index contributed by atoms with van der Waals surface area (Å²) in [6, 6.07) is 3.68. The zero-order valence-electron chi connectivity index (χ0n) is 8.48. The van der Waals surface area contributed by atoms with Crippen LogP contribution in [0.1, 0.15) is 18.0 Å². The first-order valence-electron chi connectivity index (χ1n) is 4.97. The highest BCUT2D eigenvalue weighted by atomic mass is 19.4. The van der Waals surface area contributed by atoms with Crippen molar-refractivity contribution in [3.8, 4) is 0 Å². The molecule has 0 radical (unpaired) electrons. The molecule has 1 aromatic heterocycles. The lowest BCUT2D eigenvalue weighted by Gasteiger charge is -2.21. The van der Waals surface area contributed by atoms with Gasteiger partial charge in [0, 0.05) is 24.4 Å². The van der Waals surface area contributed by atoms with E-state index in [1.54, 1.807) is 24.4 Å². The lowest BCUT2D eigenvalue weighted by Crippen LogP contribution is -2.45. The fourth-order valence-corrected chi connectivity index (χ4v) is 2.01. The van der Waals surface area contributed by atoms with Crippen molar-refractivity contribution in [2.24, 2.45) is 5.84 Å². The first-order valence-corrected chi connectivity index (χ1v) is 4.97. The van der Waals surface area contributed by atoms with Crippen molar-refractivity contribution >= 4 is 0 Å². The second-order valence-corrected chi connectivity index (χ2v) is 3.94. The van der Waals surface area contributed by atoms with Gasteiger partial charge in [-0.15, -0.1) is 0 Å². The van der Waals surface area contributed by atoms with Crippen LogP contribution in [0.3, 0.4) is 0 Å². The van der Waals surface area contributed by atoms with Gasteiger partial charge < -0.3 is 0 Å². The van der Waals surface area contributed by atoms with Crippen molar-refractivity contribution in [1.29, 1.82) is 0 Å². The Hall–Kier alpha value is -1.14. The summed E-state index contributed by atoms with van der Waals surface area (Å²) in [5.74, 6) is 5.14. The molecule has 88 valence electrons. The molecule has 2 atom stereocenters. The average molecular weight is 231 g/mol. The fourth-order valence-electron chi connectivity index (χ4n) is 2.01. The Morgan fingerprint density at radius 1 is 1.38 bits per heavy atom. The molecule has 0 saturated carbocycles. The van der Waals surface area contributed by atoms with Crippen molar-refractivity contribution in [3.05, 3.63) is 30.1 Å².